The van der Waals surface area contributed by atoms with Crippen molar-refractivity contribution in [1.82, 2.24) is 0 Å². The number of halogens is 1. The summed E-state index contributed by atoms with van der Waals surface area (Å²) in [5.41, 5.74) is 1.09. The number of morpholine rings is 1. The molecule has 23 heavy (non-hydrogen) atoms. The smallest absolute Gasteiger partial charge is 0.348 e. The third kappa shape index (κ3) is 4.43. The summed E-state index contributed by atoms with van der Waals surface area (Å²) in [6.45, 7) is 8.56. The highest BCUT2D eigenvalue weighted by molar-refractivity contribution is 7.18. The quantitative estimate of drug-likeness (QED) is 0.786. The molecule has 1 aliphatic rings. The van der Waals surface area contributed by atoms with E-state index in [0.29, 0.717) is 40.7 Å². The van der Waals surface area contributed by atoms with Crippen molar-refractivity contribution in [2.24, 2.45) is 0 Å². The summed E-state index contributed by atoms with van der Waals surface area (Å²) in [6.07, 6.45) is -0.487. The van der Waals surface area contributed by atoms with Gasteiger partial charge in [0, 0.05) is 13.1 Å². The first-order chi connectivity index (χ1) is 11.1. The topological polar surface area (TPSA) is 62.6 Å². The van der Waals surface area contributed by atoms with E-state index in [1.807, 2.05) is 18.7 Å². The Kier molecular flexibility index (Phi) is 8.00. The minimum absolute atomic E-state index is 0.287. The van der Waals surface area contributed by atoms with Gasteiger partial charge in [0.05, 0.1) is 18.8 Å². The van der Waals surface area contributed by atoms with E-state index in [9.17, 15) is 14.4 Å². The zero-order valence-corrected chi connectivity index (χ0v) is 14.8. The predicted molar refractivity (Wildman–Crippen MR) is 89.0 cm³/mol. The van der Waals surface area contributed by atoms with Gasteiger partial charge in [0.15, 0.2) is 0 Å². The van der Waals surface area contributed by atoms with E-state index in [0.717, 1.165) is 0 Å². The second-order valence-electron chi connectivity index (χ2n) is 4.66. The van der Waals surface area contributed by atoms with Gasteiger partial charge in [-0.25, -0.2) is 9.18 Å². The van der Waals surface area contributed by atoms with E-state index in [1.165, 1.54) is 11.3 Å². The molecule has 0 bridgehead atoms. The van der Waals surface area contributed by atoms with Gasteiger partial charge < -0.3 is 14.4 Å². The number of hydrogen-bond acceptors (Lipinski definition) is 6. The van der Waals surface area contributed by atoms with Gasteiger partial charge in [-0.2, -0.15) is 5.26 Å². The lowest BCUT2D eigenvalue weighted by molar-refractivity contribution is 0.0249. The molecular weight excluding hydrogens is 319 g/mol. The molecule has 1 atom stereocenters. The molecule has 1 aromatic rings. The molecule has 0 spiro atoms. The van der Waals surface area contributed by atoms with Crippen molar-refractivity contribution < 1.29 is 18.7 Å². The van der Waals surface area contributed by atoms with Crippen LogP contribution in [-0.2, 0) is 9.47 Å². The fourth-order valence-electron chi connectivity index (χ4n) is 2.24. The molecule has 0 saturated carbocycles. The molecule has 128 valence electrons. The maximum atomic E-state index is 12.8. The number of alkyl halides is 1. The maximum Gasteiger partial charge on any atom is 0.348 e. The van der Waals surface area contributed by atoms with Crippen LogP contribution in [0.3, 0.4) is 0 Å². The van der Waals surface area contributed by atoms with Crippen molar-refractivity contribution in [2.45, 2.75) is 33.8 Å². The standard InChI is InChI=1S/C14H17FN2O3S.C2H6/c1-3-19-14(18)12-9(2)11(7-16)13(21-12)17-4-5-20-10(6-15)8-17;1-2/h10H,3-6,8H2,1-2H3;1-2H3. The van der Waals surface area contributed by atoms with Crippen LogP contribution in [0.25, 0.3) is 0 Å². The first kappa shape index (κ1) is 19.4. The summed E-state index contributed by atoms with van der Waals surface area (Å²) in [7, 11) is 0. The normalized spacial score (nSPS) is 17.0. The second-order valence-corrected chi connectivity index (χ2v) is 5.66. The Morgan fingerprint density at radius 3 is 2.83 bits per heavy atom. The van der Waals surface area contributed by atoms with E-state index in [4.69, 9.17) is 9.47 Å². The lowest BCUT2D eigenvalue weighted by atomic mass is 10.1. The van der Waals surface area contributed by atoms with Crippen molar-refractivity contribution in [1.29, 1.82) is 5.26 Å². The average molecular weight is 342 g/mol. The SMILES string of the molecule is CC.CCOC(=O)c1sc(N2CCOC(CF)C2)c(C#N)c1C. The van der Waals surface area contributed by atoms with Gasteiger partial charge >= 0.3 is 5.97 Å². The van der Waals surface area contributed by atoms with Gasteiger partial charge in [-0.1, -0.05) is 13.8 Å². The first-order valence-corrected chi connectivity index (χ1v) is 8.57. The van der Waals surface area contributed by atoms with Gasteiger partial charge in [-0.15, -0.1) is 11.3 Å². The molecule has 7 heteroatoms. The van der Waals surface area contributed by atoms with Crippen LogP contribution >= 0.6 is 11.3 Å². The summed E-state index contributed by atoms with van der Waals surface area (Å²) in [5.74, 6) is -0.418. The van der Waals surface area contributed by atoms with Gasteiger partial charge in [0.1, 0.15) is 28.7 Å². The number of thiophene rings is 1. The number of ether oxygens (including phenoxy) is 2. The fourth-order valence-corrected chi connectivity index (χ4v) is 3.43. The number of hydrogen-bond donors (Lipinski definition) is 0. The Morgan fingerprint density at radius 1 is 1.57 bits per heavy atom. The van der Waals surface area contributed by atoms with E-state index in [-0.39, 0.29) is 6.61 Å². The zero-order valence-electron chi connectivity index (χ0n) is 14.0. The van der Waals surface area contributed by atoms with E-state index >= 15 is 0 Å². The van der Waals surface area contributed by atoms with Crippen LogP contribution in [0.1, 0.15) is 41.6 Å². The minimum Gasteiger partial charge on any atom is -0.462 e. The van der Waals surface area contributed by atoms with Gasteiger partial charge in [0.25, 0.3) is 0 Å². The molecule has 1 unspecified atom stereocenters. The van der Waals surface area contributed by atoms with Crippen LogP contribution in [-0.4, -0.2) is 45.1 Å². The predicted octanol–water partition coefficient (Wildman–Crippen LogP) is 3.31. The monoisotopic (exact) mass is 342 g/mol. The Morgan fingerprint density at radius 2 is 2.26 bits per heavy atom. The molecule has 1 aliphatic heterocycles. The Hall–Kier alpha value is -1.65. The summed E-state index contributed by atoms with van der Waals surface area (Å²) >= 11 is 1.23. The lowest BCUT2D eigenvalue weighted by Crippen LogP contribution is -2.43. The number of carbonyl (C=O) groups excluding carboxylic acids is 1. The molecule has 0 aromatic carbocycles. The summed E-state index contributed by atoms with van der Waals surface area (Å²) in [4.78, 5) is 14.3. The highest BCUT2D eigenvalue weighted by atomic mass is 32.1. The highest BCUT2D eigenvalue weighted by Gasteiger charge is 2.28. The summed E-state index contributed by atoms with van der Waals surface area (Å²) < 4.78 is 23.1. The average Bonchev–Trinajstić information content (AvgIpc) is 2.93. The van der Waals surface area contributed by atoms with Crippen LogP contribution < -0.4 is 4.90 Å². The number of anilines is 1. The summed E-state index contributed by atoms with van der Waals surface area (Å²) in [5, 5.41) is 10.0. The lowest BCUT2D eigenvalue weighted by Gasteiger charge is -2.32. The van der Waals surface area contributed by atoms with Crippen LogP contribution in [0.15, 0.2) is 0 Å². The molecule has 0 N–H and O–H groups in total. The van der Waals surface area contributed by atoms with Crippen molar-refractivity contribution in [2.75, 3.05) is 37.9 Å². The van der Waals surface area contributed by atoms with Crippen LogP contribution in [0.2, 0.25) is 0 Å². The van der Waals surface area contributed by atoms with Gasteiger partial charge in [0.2, 0.25) is 0 Å². The Labute approximate surface area is 140 Å². The van der Waals surface area contributed by atoms with E-state index in [2.05, 4.69) is 6.07 Å². The van der Waals surface area contributed by atoms with Crippen molar-refractivity contribution in [3.05, 3.63) is 16.0 Å². The number of nitriles is 1. The number of esters is 1. The van der Waals surface area contributed by atoms with Gasteiger partial charge in [-0.3, -0.25) is 0 Å². The third-order valence-corrected chi connectivity index (χ3v) is 4.63. The second kappa shape index (κ2) is 9.48. The molecule has 5 nitrogen and oxygen atoms in total. The molecule has 2 heterocycles. The van der Waals surface area contributed by atoms with Gasteiger partial charge in [-0.05, 0) is 19.4 Å². The molecule has 0 aliphatic carbocycles. The Bertz CT molecular complexity index is 568. The Balaban J connectivity index is 0.00000127. The molecule has 1 fully saturated rings. The largest absolute Gasteiger partial charge is 0.462 e. The maximum absolute atomic E-state index is 12.8. The number of rotatable bonds is 4. The molecule has 0 radical (unpaired) electrons. The molecular formula is C16H23FN2O3S. The van der Waals surface area contributed by atoms with Crippen LogP contribution in [0, 0.1) is 18.3 Å². The van der Waals surface area contributed by atoms with Crippen molar-refractivity contribution in [3.8, 4) is 6.07 Å². The molecule has 2 rings (SSSR count). The fraction of sp³-hybridized carbons (Fsp3) is 0.625. The van der Waals surface area contributed by atoms with Crippen LogP contribution in [0.4, 0.5) is 9.39 Å². The third-order valence-electron chi connectivity index (χ3n) is 3.30. The summed E-state index contributed by atoms with van der Waals surface area (Å²) in [6, 6.07) is 2.14. The molecule has 1 aromatic heterocycles. The molecule has 0 amide bonds. The molecule has 1 saturated heterocycles. The van der Waals surface area contributed by atoms with E-state index < -0.39 is 18.7 Å². The first-order valence-electron chi connectivity index (χ1n) is 7.75. The van der Waals surface area contributed by atoms with E-state index in [1.54, 1.807) is 13.8 Å². The number of carbonyl (C=O) groups is 1. The van der Waals surface area contributed by atoms with Crippen molar-refractivity contribution in [3.63, 3.8) is 0 Å². The zero-order chi connectivity index (χ0) is 17.4. The highest BCUT2D eigenvalue weighted by Crippen LogP contribution is 2.36. The van der Waals surface area contributed by atoms with Crippen LogP contribution in [0.5, 0.6) is 0 Å². The number of nitrogens with zero attached hydrogens (tertiary/aromatic N) is 2. The minimum atomic E-state index is -0.562. The van der Waals surface area contributed by atoms with Crippen molar-refractivity contribution >= 4 is 22.3 Å².